The summed E-state index contributed by atoms with van der Waals surface area (Å²) >= 11 is 7.63. The van der Waals surface area contributed by atoms with Crippen molar-refractivity contribution in [2.75, 3.05) is 23.3 Å². The Kier molecular flexibility index (Phi) is 6.24. The molecule has 3 aromatic rings. The molecule has 3 heterocycles. The molecule has 0 saturated carbocycles. The number of hydrogen-bond donors (Lipinski definition) is 1. The molecule has 10 heteroatoms. The van der Waals surface area contributed by atoms with Crippen molar-refractivity contribution in [3.05, 3.63) is 40.7 Å². The van der Waals surface area contributed by atoms with Crippen LogP contribution in [0.4, 0.5) is 11.6 Å². The van der Waals surface area contributed by atoms with E-state index in [1.807, 2.05) is 56.7 Å². The zero-order chi connectivity index (χ0) is 22.1. The minimum atomic E-state index is -0.382. The van der Waals surface area contributed by atoms with Gasteiger partial charge in [0.25, 0.3) is 0 Å². The maximum atomic E-state index is 12.9. The van der Waals surface area contributed by atoms with Crippen molar-refractivity contribution in [2.24, 2.45) is 7.05 Å². The van der Waals surface area contributed by atoms with Crippen molar-refractivity contribution < 1.29 is 4.79 Å². The number of nitrogens with zero attached hydrogens (tertiary/aromatic N) is 6. The van der Waals surface area contributed by atoms with Crippen LogP contribution in [-0.4, -0.2) is 48.8 Å². The third-order valence-electron chi connectivity index (χ3n) is 5.48. The Labute approximate surface area is 191 Å². The largest absolute Gasteiger partial charge is 0.341 e. The minimum Gasteiger partial charge on any atom is -0.341 e. The third kappa shape index (κ3) is 4.43. The van der Waals surface area contributed by atoms with Gasteiger partial charge in [0.1, 0.15) is 0 Å². The molecule has 0 spiro atoms. The Hall–Kier alpha value is -2.52. The van der Waals surface area contributed by atoms with Crippen LogP contribution in [0.5, 0.6) is 0 Å². The molecule has 0 radical (unpaired) electrons. The number of aryl methyl sites for hydroxylation is 2. The molecule has 8 nitrogen and oxygen atoms in total. The predicted molar refractivity (Wildman–Crippen MR) is 124 cm³/mol. The van der Waals surface area contributed by atoms with E-state index in [9.17, 15) is 4.79 Å². The van der Waals surface area contributed by atoms with Crippen molar-refractivity contribution in [1.29, 1.82) is 0 Å². The fraction of sp³-hybridized carbons (Fsp3) is 0.429. The van der Waals surface area contributed by atoms with Gasteiger partial charge in [-0.1, -0.05) is 29.4 Å². The van der Waals surface area contributed by atoms with Crippen molar-refractivity contribution in [3.63, 3.8) is 0 Å². The molecule has 1 aliphatic heterocycles. The van der Waals surface area contributed by atoms with Gasteiger partial charge in [-0.3, -0.25) is 14.0 Å². The van der Waals surface area contributed by atoms with Crippen LogP contribution in [0.25, 0.3) is 5.69 Å². The fourth-order valence-corrected chi connectivity index (χ4v) is 4.74. The second-order valence-electron chi connectivity index (χ2n) is 7.71. The Morgan fingerprint density at radius 2 is 1.97 bits per heavy atom. The highest BCUT2D eigenvalue weighted by Crippen LogP contribution is 2.32. The number of halogens is 1. The minimum absolute atomic E-state index is 0.104. The summed E-state index contributed by atoms with van der Waals surface area (Å²) in [5.41, 5.74) is 3.35. The lowest BCUT2D eigenvalue weighted by Gasteiger charge is -2.19. The molecule has 1 aliphatic rings. The number of aromatic nitrogens is 5. The number of amides is 1. The van der Waals surface area contributed by atoms with E-state index in [-0.39, 0.29) is 11.2 Å². The number of carbonyl (C=O) groups is 1. The van der Waals surface area contributed by atoms with Crippen molar-refractivity contribution >= 4 is 40.9 Å². The Morgan fingerprint density at radius 3 is 2.61 bits per heavy atom. The van der Waals surface area contributed by atoms with Gasteiger partial charge in [0, 0.05) is 25.2 Å². The molecule has 1 saturated heterocycles. The van der Waals surface area contributed by atoms with Crippen LogP contribution in [0, 0.1) is 13.8 Å². The zero-order valence-electron chi connectivity index (χ0n) is 18.1. The number of rotatable bonds is 6. The van der Waals surface area contributed by atoms with E-state index in [0.29, 0.717) is 10.2 Å². The van der Waals surface area contributed by atoms with Crippen LogP contribution in [0.2, 0.25) is 5.02 Å². The van der Waals surface area contributed by atoms with Gasteiger partial charge in [-0.25, -0.2) is 0 Å². The van der Waals surface area contributed by atoms with E-state index in [1.165, 1.54) is 11.8 Å². The van der Waals surface area contributed by atoms with Gasteiger partial charge in [0.05, 0.1) is 28.0 Å². The number of anilines is 2. The van der Waals surface area contributed by atoms with Crippen LogP contribution < -0.4 is 10.2 Å². The normalized spacial score (nSPS) is 14.8. The highest BCUT2D eigenvalue weighted by atomic mass is 35.5. The second kappa shape index (κ2) is 8.92. The second-order valence-corrected chi connectivity index (χ2v) is 9.46. The van der Waals surface area contributed by atoms with E-state index < -0.39 is 0 Å². The average Bonchev–Trinajstić information content (AvgIpc) is 3.45. The number of hydrogen-bond acceptors (Lipinski definition) is 6. The van der Waals surface area contributed by atoms with Gasteiger partial charge in [-0.2, -0.15) is 5.10 Å². The number of nitrogens with one attached hydrogen (secondary N) is 1. The summed E-state index contributed by atoms with van der Waals surface area (Å²) in [7, 11) is 1.86. The fourth-order valence-electron chi connectivity index (χ4n) is 3.69. The van der Waals surface area contributed by atoms with E-state index in [0.717, 1.165) is 54.6 Å². The number of carbonyl (C=O) groups excluding carboxylic acids is 1. The van der Waals surface area contributed by atoms with Crippen LogP contribution in [0.15, 0.2) is 29.4 Å². The van der Waals surface area contributed by atoms with E-state index in [1.54, 1.807) is 4.68 Å². The van der Waals surface area contributed by atoms with Gasteiger partial charge in [-0.05, 0) is 51.8 Å². The first-order chi connectivity index (χ1) is 14.8. The summed E-state index contributed by atoms with van der Waals surface area (Å²) in [5.74, 6) is 0.682. The molecule has 31 heavy (non-hydrogen) atoms. The molecule has 1 aromatic carbocycles. The summed E-state index contributed by atoms with van der Waals surface area (Å²) in [6, 6.07) is 7.62. The molecule has 1 amide bonds. The van der Waals surface area contributed by atoms with Gasteiger partial charge in [-0.15, -0.1) is 10.2 Å². The molecule has 1 N–H and O–H groups in total. The van der Waals surface area contributed by atoms with Crippen LogP contribution in [-0.2, 0) is 11.8 Å². The summed E-state index contributed by atoms with van der Waals surface area (Å²) in [5, 5.41) is 17.2. The third-order valence-corrected chi connectivity index (χ3v) is 6.76. The molecular weight excluding hydrogens is 434 g/mol. The summed E-state index contributed by atoms with van der Waals surface area (Å²) in [6.45, 7) is 7.58. The topological polar surface area (TPSA) is 80.9 Å². The molecule has 1 atom stereocenters. The monoisotopic (exact) mass is 459 g/mol. The van der Waals surface area contributed by atoms with E-state index in [4.69, 9.17) is 11.6 Å². The highest BCUT2D eigenvalue weighted by Gasteiger charge is 2.26. The highest BCUT2D eigenvalue weighted by molar-refractivity contribution is 8.00. The standard InChI is InChI=1S/C21H26ClN7OS/c1-13-18(14(2)27(4)26-13)23-19(30)15(3)31-21-25-24-20(28-10-5-6-11-28)29(21)17-9-7-8-16(22)12-17/h7-9,12,15H,5-6,10-11H2,1-4H3,(H,23,30)/t15-/m0/s1. The lowest BCUT2D eigenvalue weighted by molar-refractivity contribution is -0.115. The Bertz CT molecular complexity index is 1100. The SMILES string of the molecule is Cc1nn(C)c(C)c1NC(=O)[C@H](C)Sc1nnc(N2CCCC2)n1-c1cccc(Cl)c1. The lowest BCUT2D eigenvalue weighted by Crippen LogP contribution is -2.24. The van der Waals surface area contributed by atoms with E-state index >= 15 is 0 Å². The molecule has 0 unspecified atom stereocenters. The number of benzene rings is 1. The van der Waals surface area contributed by atoms with Crippen LogP contribution >= 0.6 is 23.4 Å². The first-order valence-corrected chi connectivity index (χ1v) is 11.5. The maximum absolute atomic E-state index is 12.9. The van der Waals surface area contributed by atoms with Gasteiger partial charge >= 0.3 is 0 Å². The van der Waals surface area contributed by atoms with Gasteiger partial charge in [0.2, 0.25) is 11.9 Å². The summed E-state index contributed by atoms with van der Waals surface area (Å²) in [6.07, 6.45) is 2.26. The molecule has 2 aromatic heterocycles. The van der Waals surface area contributed by atoms with Gasteiger partial charge in [0.15, 0.2) is 5.16 Å². The van der Waals surface area contributed by atoms with Crippen molar-refractivity contribution in [1.82, 2.24) is 24.5 Å². The Morgan fingerprint density at radius 1 is 1.23 bits per heavy atom. The smallest absolute Gasteiger partial charge is 0.237 e. The Balaban J connectivity index is 1.61. The summed E-state index contributed by atoms with van der Waals surface area (Å²) in [4.78, 5) is 15.2. The average molecular weight is 460 g/mol. The van der Waals surface area contributed by atoms with Crippen molar-refractivity contribution in [3.8, 4) is 5.69 Å². The zero-order valence-corrected chi connectivity index (χ0v) is 19.7. The molecule has 0 bridgehead atoms. The quantitative estimate of drug-likeness (QED) is 0.561. The molecular formula is C21H26ClN7OS. The first kappa shape index (κ1) is 21.7. The van der Waals surface area contributed by atoms with E-state index in [2.05, 4.69) is 25.5 Å². The predicted octanol–water partition coefficient (Wildman–Crippen LogP) is 3.99. The summed E-state index contributed by atoms with van der Waals surface area (Å²) < 4.78 is 3.76. The van der Waals surface area contributed by atoms with Gasteiger partial charge < -0.3 is 10.2 Å². The lowest BCUT2D eigenvalue weighted by atomic mass is 10.3. The maximum Gasteiger partial charge on any atom is 0.237 e. The molecule has 0 aliphatic carbocycles. The molecule has 4 rings (SSSR count). The van der Waals surface area contributed by atoms with Crippen molar-refractivity contribution in [2.45, 2.75) is 44.0 Å². The molecule has 1 fully saturated rings. The first-order valence-electron chi connectivity index (χ1n) is 10.3. The van der Waals surface area contributed by atoms with Crippen LogP contribution in [0.3, 0.4) is 0 Å². The van der Waals surface area contributed by atoms with Crippen LogP contribution in [0.1, 0.15) is 31.2 Å². The molecule has 164 valence electrons. The number of thioether (sulfide) groups is 1.